The molecule has 0 radical (unpaired) electrons. The number of phenolic OH excluding ortho intramolecular Hbond substituents is 1. The van der Waals surface area contributed by atoms with Gasteiger partial charge in [-0.15, -0.1) is 6.58 Å². The van der Waals surface area contributed by atoms with Crippen molar-refractivity contribution in [3.8, 4) is 11.5 Å². The summed E-state index contributed by atoms with van der Waals surface area (Å²) in [5.41, 5.74) is 1.91. The monoisotopic (exact) mass is 437 g/mol. The maximum Gasteiger partial charge on any atom is 0.278 e. The van der Waals surface area contributed by atoms with Gasteiger partial charge in [-0.05, 0) is 29.3 Å². The number of amidine groups is 1. The number of phenols is 1. The molecule has 0 spiro atoms. The molecule has 7 nitrogen and oxygen atoms in total. The lowest BCUT2D eigenvalue weighted by Gasteiger charge is -2.15. The van der Waals surface area contributed by atoms with Crippen LogP contribution in [0.5, 0.6) is 11.5 Å². The Morgan fingerprint density at radius 1 is 1.29 bits per heavy atom. The van der Waals surface area contributed by atoms with E-state index in [4.69, 9.17) is 4.74 Å². The van der Waals surface area contributed by atoms with Gasteiger partial charge in [-0.1, -0.05) is 54.2 Å². The SMILES string of the molecule is C=CCN1C(=O)/C(=C\c2ccc(O)c(OC)c2)N=C1SCC(=O)NCc1ccccc1. The molecule has 2 aromatic carbocycles. The average molecular weight is 438 g/mol. The van der Waals surface area contributed by atoms with Crippen LogP contribution in [0.2, 0.25) is 0 Å². The van der Waals surface area contributed by atoms with Crippen LogP contribution in [0.4, 0.5) is 0 Å². The highest BCUT2D eigenvalue weighted by molar-refractivity contribution is 8.14. The van der Waals surface area contributed by atoms with Gasteiger partial charge >= 0.3 is 0 Å². The van der Waals surface area contributed by atoms with Crippen molar-refractivity contribution in [2.75, 3.05) is 19.4 Å². The summed E-state index contributed by atoms with van der Waals surface area (Å²) in [5, 5.41) is 13.0. The molecular weight excluding hydrogens is 414 g/mol. The van der Waals surface area contributed by atoms with E-state index in [1.165, 1.54) is 29.8 Å². The zero-order chi connectivity index (χ0) is 22.2. The molecule has 0 atom stereocenters. The lowest BCUT2D eigenvalue weighted by atomic mass is 10.1. The van der Waals surface area contributed by atoms with E-state index in [9.17, 15) is 14.7 Å². The van der Waals surface area contributed by atoms with Crippen molar-refractivity contribution in [1.29, 1.82) is 0 Å². The molecule has 1 aliphatic heterocycles. The Morgan fingerprint density at radius 2 is 2.06 bits per heavy atom. The van der Waals surface area contributed by atoms with Gasteiger partial charge in [-0.25, -0.2) is 4.99 Å². The van der Waals surface area contributed by atoms with E-state index in [-0.39, 0.29) is 35.6 Å². The fraction of sp³-hybridized carbons (Fsp3) is 0.174. The van der Waals surface area contributed by atoms with Crippen molar-refractivity contribution in [1.82, 2.24) is 10.2 Å². The van der Waals surface area contributed by atoms with Crippen LogP contribution in [-0.4, -0.2) is 46.4 Å². The summed E-state index contributed by atoms with van der Waals surface area (Å²) in [6.45, 7) is 4.42. The van der Waals surface area contributed by atoms with E-state index < -0.39 is 0 Å². The molecule has 0 unspecified atom stereocenters. The number of aliphatic imine (C=N–C) groups is 1. The van der Waals surface area contributed by atoms with Crippen LogP contribution in [0, 0.1) is 0 Å². The quantitative estimate of drug-likeness (QED) is 0.489. The third-order valence-electron chi connectivity index (χ3n) is 4.39. The summed E-state index contributed by atoms with van der Waals surface area (Å²) < 4.78 is 5.11. The molecule has 0 saturated heterocycles. The van der Waals surface area contributed by atoms with Crippen molar-refractivity contribution in [3.05, 3.63) is 78.0 Å². The minimum absolute atomic E-state index is 0.0111. The molecule has 0 saturated carbocycles. The van der Waals surface area contributed by atoms with E-state index in [2.05, 4.69) is 16.9 Å². The number of nitrogens with zero attached hydrogens (tertiary/aromatic N) is 2. The molecule has 2 aromatic rings. The lowest BCUT2D eigenvalue weighted by Crippen LogP contribution is -2.32. The van der Waals surface area contributed by atoms with Crippen LogP contribution in [0.1, 0.15) is 11.1 Å². The number of amides is 2. The van der Waals surface area contributed by atoms with E-state index in [0.29, 0.717) is 23.0 Å². The number of aromatic hydroxyl groups is 1. The standard InChI is InChI=1S/C23H23N3O4S/c1-3-11-26-22(29)18(12-17-9-10-19(27)20(13-17)30-2)25-23(26)31-15-21(28)24-14-16-7-5-4-6-8-16/h3-10,12-13,27H,1,11,14-15H2,2H3,(H,24,28)/b18-12+. The molecule has 0 fully saturated rings. The molecular formula is C23H23N3O4S. The number of methoxy groups -OCH3 is 1. The van der Waals surface area contributed by atoms with Gasteiger partial charge in [0, 0.05) is 13.1 Å². The van der Waals surface area contributed by atoms with Gasteiger partial charge in [0.15, 0.2) is 16.7 Å². The first-order valence-electron chi connectivity index (χ1n) is 9.55. The highest BCUT2D eigenvalue weighted by atomic mass is 32.2. The van der Waals surface area contributed by atoms with Crippen LogP contribution >= 0.6 is 11.8 Å². The molecule has 31 heavy (non-hydrogen) atoms. The highest BCUT2D eigenvalue weighted by Crippen LogP contribution is 2.29. The van der Waals surface area contributed by atoms with Crippen molar-refractivity contribution < 1.29 is 19.4 Å². The van der Waals surface area contributed by atoms with Crippen molar-refractivity contribution >= 4 is 34.8 Å². The Morgan fingerprint density at radius 3 is 2.77 bits per heavy atom. The van der Waals surface area contributed by atoms with Crippen LogP contribution < -0.4 is 10.1 Å². The summed E-state index contributed by atoms with van der Waals surface area (Å²) in [4.78, 5) is 30.9. The number of benzene rings is 2. The fourth-order valence-electron chi connectivity index (χ4n) is 2.85. The summed E-state index contributed by atoms with van der Waals surface area (Å²) >= 11 is 1.19. The number of nitrogens with one attached hydrogen (secondary N) is 1. The molecule has 1 heterocycles. The molecule has 0 aromatic heterocycles. The zero-order valence-corrected chi connectivity index (χ0v) is 17.9. The normalized spacial score (nSPS) is 14.5. The maximum atomic E-state index is 12.8. The van der Waals surface area contributed by atoms with E-state index >= 15 is 0 Å². The smallest absolute Gasteiger partial charge is 0.278 e. The second kappa shape index (κ2) is 10.5. The van der Waals surface area contributed by atoms with Crippen LogP contribution in [0.15, 0.2) is 71.9 Å². The van der Waals surface area contributed by atoms with Gasteiger partial charge < -0.3 is 15.2 Å². The molecule has 2 N–H and O–H groups in total. The topological polar surface area (TPSA) is 91.2 Å². The predicted octanol–water partition coefficient (Wildman–Crippen LogP) is 3.18. The number of hydrogen-bond acceptors (Lipinski definition) is 6. The summed E-state index contributed by atoms with van der Waals surface area (Å²) in [7, 11) is 1.45. The van der Waals surface area contributed by atoms with Gasteiger partial charge in [0.2, 0.25) is 5.91 Å². The number of rotatable bonds is 8. The second-order valence-corrected chi connectivity index (χ2v) is 7.55. The molecule has 8 heteroatoms. The van der Waals surface area contributed by atoms with Gasteiger partial charge in [0.05, 0.1) is 12.9 Å². The Labute approximate surface area is 185 Å². The van der Waals surface area contributed by atoms with E-state index in [0.717, 1.165) is 5.56 Å². The number of hydrogen-bond donors (Lipinski definition) is 2. The third-order valence-corrected chi connectivity index (χ3v) is 5.37. The van der Waals surface area contributed by atoms with Gasteiger partial charge in [-0.2, -0.15) is 0 Å². The lowest BCUT2D eigenvalue weighted by molar-refractivity contribution is -0.122. The fourth-order valence-corrected chi connectivity index (χ4v) is 3.69. The van der Waals surface area contributed by atoms with Gasteiger partial charge in [0.1, 0.15) is 5.70 Å². The minimum Gasteiger partial charge on any atom is -0.504 e. The van der Waals surface area contributed by atoms with Crippen LogP contribution in [0.3, 0.4) is 0 Å². The summed E-state index contributed by atoms with van der Waals surface area (Å²) in [5.74, 6) is 0.0168. The van der Waals surface area contributed by atoms with Gasteiger partial charge in [0.25, 0.3) is 5.91 Å². The Hall–Kier alpha value is -3.52. The van der Waals surface area contributed by atoms with Crippen LogP contribution in [0.25, 0.3) is 6.08 Å². The summed E-state index contributed by atoms with van der Waals surface area (Å²) in [6, 6.07) is 14.4. The van der Waals surface area contributed by atoms with Crippen molar-refractivity contribution in [2.45, 2.75) is 6.54 Å². The molecule has 3 rings (SSSR count). The molecule has 160 valence electrons. The van der Waals surface area contributed by atoms with E-state index in [1.54, 1.807) is 24.3 Å². The van der Waals surface area contributed by atoms with Crippen molar-refractivity contribution in [2.24, 2.45) is 4.99 Å². The molecule has 0 bridgehead atoms. The third kappa shape index (κ3) is 5.76. The average Bonchev–Trinajstić information content (AvgIpc) is 3.07. The first-order chi connectivity index (χ1) is 15.0. The zero-order valence-electron chi connectivity index (χ0n) is 17.1. The Kier molecular flexibility index (Phi) is 7.50. The Bertz CT molecular complexity index is 1030. The molecule has 2 amide bonds. The Balaban J connectivity index is 1.69. The first kappa shape index (κ1) is 22.2. The molecule has 0 aliphatic carbocycles. The predicted molar refractivity (Wildman–Crippen MR) is 123 cm³/mol. The maximum absolute atomic E-state index is 12.8. The van der Waals surface area contributed by atoms with Crippen molar-refractivity contribution in [3.63, 3.8) is 0 Å². The highest BCUT2D eigenvalue weighted by Gasteiger charge is 2.30. The van der Waals surface area contributed by atoms with Crippen LogP contribution in [-0.2, 0) is 16.1 Å². The first-order valence-corrected chi connectivity index (χ1v) is 10.5. The van der Waals surface area contributed by atoms with Gasteiger partial charge in [-0.3, -0.25) is 14.5 Å². The van der Waals surface area contributed by atoms with E-state index in [1.807, 2.05) is 30.3 Å². The largest absolute Gasteiger partial charge is 0.504 e. The minimum atomic E-state index is -0.279. The number of thioether (sulfide) groups is 1. The summed E-state index contributed by atoms with van der Waals surface area (Å²) in [6.07, 6.45) is 3.22. The number of ether oxygens (including phenoxy) is 1. The molecule has 1 aliphatic rings. The number of carbonyl (C=O) groups is 2. The second-order valence-electron chi connectivity index (χ2n) is 6.61. The number of carbonyl (C=O) groups excluding carboxylic acids is 2.